The Morgan fingerprint density at radius 2 is 1.86 bits per heavy atom. The maximum atomic E-state index is 12.8. The summed E-state index contributed by atoms with van der Waals surface area (Å²) in [7, 11) is 0. The van der Waals surface area contributed by atoms with Crippen molar-refractivity contribution in [2.75, 3.05) is 26.2 Å². The minimum absolute atomic E-state index is 0.000425. The van der Waals surface area contributed by atoms with Crippen molar-refractivity contribution in [3.8, 4) is 0 Å². The lowest BCUT2D eigenvalue weighted by atomic mass is 9.84. The molecule has 0 unspecified atom stereocenters. The number of hydrogen-bond donors (Lipinski definition) is 4. The third-order valence-corrected chi connectivity index (χ3v) is 8.45. The molecule has 0 spiro atoms. The molecule has 0 aliphatic carbocycles. The fourth-order valence-electron chi connectivity index (χ4n) is 5.87. The van der Waals surface area contributed by atoms with Crippen molar-refractivity contribution >= 4 is 17.8 Å². The van der Waals surface area contributed by atoms with Crippen LogP contribution < -0.4 is 10.6 Å². The minimum atomic E-state index is -1.37. The molecule has 0 saturated carbocycles. The number of nitrogens with one attached hydrogen (secondary N) is 2. The number of aliphatic hydroxyl groups excluding tert-OH is 1. The number of nitrogens with zero attached hydrogens (tertiary/aromatic N) is 1. The van der Waals surface area contributed by atoms with E-state index in [-0.39, 0.29) is 48.8 Å². The number of ether oxygens (including phenoxy) is 3. The number of allylic oxidation sites excluding steroid dienone is 2. The zero-order valence-corrected chi connectivity index (χ0v) is 26.5. The Morgan fingerprint density at radius 1 is 1.16 bits per heavy atom. The highest BCUT2D eigenvalue weighted by molar-refractivity contribution is 5.87. The van der Waals surface area contributed by atoms with Gasteiger partial charge in [-0.15, -0.1) is 0 Å². The van der Waals surface area contributed by atoms with E-state index in [1.165, 1.54) is 13.0 Å². The van der Waals surface area contributed by atoms with Crippen LogP contribution in [0.5, 0.6) is 0 Å². The second-order valence-corrected chi connectivity index (χ2v) is 12.5. The van der Waals surface area contributed by atoms with Gasteiger partial charge in [-0.3, -0.25) is 14.4 Å². The van der Waals surface area contributed by atoms with Gasteiger partial charge in [-0.05, 0) is 52.5 Å². The predicted octanol–water partition coefficient (Wildman–Crippen LogP) is 1.78. The van der Waals surface area contributed by atoms with Crippen LogP contribution in [0.15, 0.2) is 36.0 Å². The molecule has 11 heteroatoms. The summed E-state index contributed by atoms with van der Waals surface area (Å²) in [6.45, 7) is 13.5. The van der Waals surface area contributed by atoms with E-state index in [9.17, 15) is 24.6 Å². The summed E-state index contributed by atoms with van der Waals surface area (Å²) in [4.78, 5) is 38.0. The number of carbonyl (C=O) groups is 3. The van der Waals surface area contributed by atoms with Gasteiger partial charge >= 0.3 is 5.97 Å². The maximum Gasteiger partial charge on any atom is 0.303 e. The molecule has 3 aliphatic rings. The number of hydrogen-bond acceptors (Lipinski definition) is 9. The first-order valence-electron chi connectivity index (χ1n) is 15.5. The molecule has 0 bridgehead atoms. The van der Waals surface area contributed by atoms with Gasteiger partial charge in [-0.2, -0.15) is 0 Å². The van der Waals surface area contributed by atoms with E-state index in [4.69, 9.17) is 14.2 Å². The fraction of sp³-hybridized carbons (Fsp3) is 0.719. The monoisotopic (exact) mass is 605 g/mol. The van der Waals surface area contributed by atoms with Crippen LogP contribution in [-0.4, -0.2) is 107 Å². The Kier molecular flexibility index (Phi) is 12.9. The van der Waals surface area contributed by atoms with Crippen molar-refractivity contribution < 1.29 is 38.8 Å². The fourth-order valence-corrected chi connectivity index (χ4v) is 5.87. The van der Waals surface area contributed by atoms with Gasteiger partial charge in [-0.1, -0.05) is 30.7 Å². The number of amides is 2. The Morgan fingerprint density at radius 3 is 2.53 bits per heavy atom. The van der Waals surface area contributed by atoms with Gasteiger partial charge in [0.15, 0.2) is 0 Å². The van der Waals surface area contributed by atoms with Gasteiger partial charge in [0.1, 0.15) is 18.3 Å². The van der Waals surface area contributed by atoms with Crippen LogP contribution in [0.25, 0.3) is 0 Å². The van der Waals surface area contributed by atoms with E-state index < -0.39 is 36.0 Å². The summed E-state index contributed by atoms with van der Waals surface area (Å²) >= 11 is 0. The largest absolute Gasteiger partial charge is 0.459 e. The molecule has 3 aliphatic heterocycles. The molecule has 0 radical (unpaired) electrons. The highest BCUT2D eigenvalue weighted by Crippen LogP contribution is 2.32. The van der Waals surface area contributed by atoms with E-state index in [1.807, 2.05) is 24.8 Å². The first kappa shape index (κ1) is 34.9. The van der Waals surface area contributed by atoms with Crippen molar-refractivity contribution in [2.45, 2.75) is 115 Å². The molecule has 9 atom stereocenters. The van der Waals surface area contributed by atoms with Crippen molar-refractivity contribution in [1.29, 1.82) is 0 Å². The van der Waals surface area contributed by atoms with Gasteiger partial charge in [0.05, 0.1) is 36.4 Å². The molecule has 242 valence electrons. The first-order valence-corrected chi connectivity index (χ1v) is 15.5. The molecule has 11 nitrogen and oxygen atoms in total. The van der Waals surface area contributed by atoms with Gasteiger partial charge < -0.3 is 40.0 Å². The summed E-state index contributed by atoms with van der Waals surface area (Å²) in [5, 5.41) is 27.9. The second-order valence-electron chi connectivity index (χ2n) is 12.5. The lowest BCUT2D eigenvalue weighted by Gasteiger charge is -2.42. The number of aliphatic hydroxyl groups is 2. The molecule has 2 amide bonds. The van der Waals surface area contributed by atoms with Crippen molar-refractivity contribution in [1.82, 2.24) is 15.5 Å². The average Bonchev–Trinajstić information content (AvgIpc) is 2.94. The smallest absolute Gasteiger partial charge is 0.303 e. The first-order chi connectivity index (χ1) is 20.2. The third kappa shape index (κ3) is 10.8. The zero-order valence-electron chi connectivity index (χ0n) is 26.5. The summed E-state index contributed by atoms with van der Waals surface area (Å²) in [6.07, 6.45) is 7.39. The summed E-state index contributed by atoms with van der Waals surface area (Å²) in [5.41, 5.74) is -0.413. The number of carbonyl (C=O) groups excluding carboxylic acids is 3. The molecule has 0 aromatic carbocycles. The molecule has 3 fully saturated rings. The topological polar surface area (TPSA) is 147 Å². The van der Waals surface area contributed by atoms with Crippen LogP contribution in [0.4, 0.5) is 0 Å². The van der Waals surface area contributed by atoms with E-state index in [2.05, 4.69) is 23.6 Å². The van der Waals surface area contributed by atoms with Crippen molar-refractivity contribution in [2.24, 2.45) is 5.92 Å². The van der Waals surface area contributed by atoms with Gasteiger partial charge in [0.2, 0.25) is 11.8 Å². The van der Waals surface area contributed by atoms with E-state index in [1.54, 1.807) is 26.0 Å². The lowest BCUT2D eigenvalue weighted by Crippen LogP contribution is -2.56. The molecule has 4 N–H and O–H groups in total. The molecule has 0 aromatic heterocycles. The van der Waals surface area contributed by atoms with Gasteiger partial charge in [-0.25, -0.2) is 0 Å². The van der Waals surface area contributed by atoms with Crippen LogP contribution in [0.1, 0.15) is 67.2 Å². The van der Waals surface area contributed by atoms with Gasteiger partial charge in [0.25, 0.3) is 0 Å². The molecular formula is C32H51N3O8. The van der Waals surface area contributed by atoms with Crippen LogP contribution in [0.2, 0.25) is 0 Å². The quantitative estimate of drug-likeness (QED) is 0.166. The molecular weight excluding hydrogens is 554 g/mol. The predicted molar refractivity (Wildman–Crippen MR) is 162 cm³/mol. The molecule has 3 saturated heterocycles. The number of rotatable bonds is 10. The number of piperazine rings is 1. The SMILES string of the molecule is CC(=O)O[C@@H](C)/C=C\C(=O)N[C@@H]1C[C@H](C)[C@H](C/C=C(C)/C=C/[C@H]2O[C@H](CC(=O)N3CCNCC3)C[C@](C)(O)[C@@H]2O)O[C@@H]1C. The van der Waals surface area contributed by atoms with Crippen molar-refractivity contribution in [3.05, 3.63) is 36.0 Å². The highest BCUT2D eigenvalue weighted by atomic mass is 16.5. The van der Waals surface area contributed by atoms with Crippen LogP contribution >= 0.6 is 0 Å². The Bertz CT molecular complexity index is 1050. The molecule has 3 rings (SSSR count). The maximum absolute atomic E-state index is 12.8. The summed E-state index contributed by atoms with van der Waals surface area (Å²) in [5.74, 6) is -0.457. The third-order valence-electron chi connectivity index (χ3n) is 8.45. The Labute approximate surface area is 255 Å². The summed E-state index contributed by atoms with van der Waals surface area (Å²) in [6, 6.07) is -0.137. The Hall–Kier alpha value is -2.57. The molecule has 3 heterocycles. The standard InChI is InChI=1S/C32H51N3O8/c1-20(7-10-27-21(2)17-26(23(4)42-27)34-29(37)12-9-22(3)41-24(5)36)8-11-28-31(39)32(6,40)19-25(43-28)18-30(38)35-15-13-33-14-16-35/h7-9,11-12,21-23,25-28,31,33,39-40H,10,13-19H2,1-6H3,(H,34,37)/b11-8+,12-9-,20-7+/t21-,22-,23+,25+,26+,27-,28+,31+,32-/m0/s1. The normalized spacial score (nSPS) is 34.7. The lowest BCUT2D eigenvalue weighted by molar-refractivity contribution is -0.197. The summed E-state index contributed by atoms with van der Waals surface area (Å²) < 4.78 is 17.4. The second kappa shape index (κ2) is 15.9. The number of esters is 1. The zero-order chi connectivity index (χ0) is 31.7. The minimum Gasteiger partial charge on any atom is -0.459 e. The van der Waals surface area contributed by atoms with Crippen LogP contribution in [-0.2, 0) is 28.6 Å². The van der Waals surface area contributed by atoms with Crippen LogP contribution in [0.3, 0.4) is 0 Å². The van der Waals surface area contributed by atoms with Crippen molar-refractivity contribution in [3.63, 3.8) is 0 Å². The van der Waals surface area contributed by atoms with E-state index in [0.717, 1.165) is 25.1 Å². The van der Waals surface area contributed by atoms with Crippen LogP contribution in [0, 0.1) is 5.92 Å². The molecule has 43 heavy (non-hydrogen) atoms. The molecule has 0 aromatic rings. The van der Waals surface area contributed by atoms with E-state index >= 15 is 0 Å². The average molecular weight is 606 g/mol. The Balaban J connectivity index is 1.51. The van der Waals surface area contributed by atoms with E-state index in [0.29, 0.717) is 19.5 Å². The highest BCUT2D eigenvalue weighted by Gasteiger charge is 2.44. The van der Waals surface area contributed by atoms with Gasteiger partial charge in [0, 0.05) is 45.6 Å².